The van der Waals surface area contributed by atoms with Gasteiger partial charge in [0, 0.05) is 18.7 Å². The molecule has 0 aliphatic carbocycles. The Morgan fingerprint density at radius 1 is 1.10 bits per heavy atom. The number of nitrogens with zero attached hydrogens (tertiary/aromatic N) is 1. The predicted octanol–water partition coefficient (Wildman–Crippen LogP) is 2.60. The molecule has 0 atom stereocenters. The zero-order valence-corrected chi connectivity index (χ0v) is 12.7. The number of unbranched alkanes of at least 4 members (excludes halogenated alkanes) is 3. The van der Waals surface area contributed by atoms with Crippen LogP contribution in [0, 0.1) is 0 Å². The molecule has 1 aromatic rings. The molecule has 0 saturated heterocycles. The van der Waals surface area contributed by atoms with E-state index in [1.807, 2.05) is 26.2 Å². The van der Waals surface area contributed by atoms with Gasteiger partial charge in [-0.15, -0.1) is 0 Å². The van der Waals surface area contributed by atoms with Gasteiger partial charge in [0.25, 0.3) is 0 Å². The second-order valence-corrected chi connectivity index (χ2v) is 5.44. The molecule has 0 saturated carbocycles. The fourth-order valence-corrected chi connectivity index (χ4v) is 2.07. The molecule has 1 amide bonds. The molecule has 0 aliphatic heterocycles. The number of hydrogen-bond donors (Lipinski definition) is 2. The monoisotopic (exact) mass is 277 g/mol. The molecule has 4 heteroatoms. The Morgan fingerprint density at radius 3 is 2.35 bits per heavy atom. The van der Waals surface area contributed by atoms with Crippen LogP contribution in [0.15, 0.2) is 24.3 Å². The molecule has 0 bridgehead atoms. The highest BCUT2D eigenvalue weighted by Gasteiger charge is 2.02. The van der Waals surface area contributed by atoms with Gasteiger partial charge in [-0.1, -0.05) is 25.0 Å². The summed E-state index contributed by atoms with van der Waals surface area (Å²) in [4.78, 5) is 13.9. The molecule has 0 fully saturated rings. The highest BCUT2D eigenvalue weighted by atomic mass is 16.1. The summed E-state index contributed by atoms with van der Waals surface area (Å²) in [6.45, 7) is 1.65. The molecule has 20 heavy (non-hydrogen) atoms. The van der Waals surface area contributed by atoms with Crippen molar-refractivity contribution in [2.75, 3.05) is 26.0 Å². The van der Waals surface area contributed by atoms with Crippen molar-refractivity contribution >= 4 is 11.6 Å². The van der Waals surface area contributed by atoms with Gasteiger partial charge in [0.2, 0.25) is 5.91 Å². The molecular weight excluding hydrogens is 250 g/mol. The van der Waals surface area contributed by atoms with E-state index in [4.69, 9.17) is 5.73 Å². The van der Waals surface area contributed by atoms with E-state index in [0.717, 1.165) is 44.5 Å². The fraction of sp³-hybridized carbons (Fsp3) is 0.562. The number of nitrogens with one attached hydrogen (secondary N) is 1. The molecule has 1 rings (SSSR count). The second kappa shape index (κ2) is 9.50. The topological polar surface area (TPSA) is 58.4 Å². The number of carbonyl (C=O) groups excluding carboxylic acids is 1. The van der Waals surface area contributed by atoms with E-state index in [-0.39, 0.29) is 5.91 Å². The van der Waals surface area contributed by atoms with Gasteiger partial charge in [0.1, 0.15) is 0 Å². The summed E-state index contributed by atoms with van der Waals surface area (Å²) in [6, 6.07) is 8.03. The highest BCUT2D eigenvalue weighted by molar-refractivity contribution is 5.90. The average Bonchev–Trinajstić information content (AvgIpc) is 2.40. The van der Waals surface area contributed by atoms with E-state index in [9.17, 15) is 4.79 Å². The Morgan fingerprint density at radius 2 is 1.75 bits per heavy atom. The van der Waals surface area contributed by atoms with Gasteiger partial charge in [-0.2, -0.15) is 0 Å². The van der Waals surface area contributed by atoms with E-state index < -0.39 is 0 Å². The third-order valence-corrected chi connectivity index (χ3v) is 3.09. The van der Waals surface area contributed by atoms with Crippen LogP contribution >= 0.6 is 0 Å². The summed E-state index contributed by atoms with van der Waals surface area (Å²) in [5, 5.41) is 2.94. The lowest BCUT2D eigenvalue weighted by atomic mass is 10.1. The summed E-state index contributed by atoms with van der Waals surface area (Å²) >= 11 is 0. The lowest BCUT2D eigenvalue weighted by molar-refractivity contribution is -0.116. The Kier molecular flexibility index (Phi) is 7.92. The largest absolute Gasteiger partial charge is 0.330 e. The summed E-state index contributed by atoms with van der Waals surface area (Å²) in [6.07, 6.45) is 4.76. The van der Waals surface area contributed by atoms with Crippen LogP contribution in [0.4, 0.5) is 5.69 Å². The zero-order valence-electron chi connectivity index (χ0n) is 12.7. The van der Waals surface area contributed by atoms with E-state index in [1.165, 1.54) is 5.56 Å². The third kappa shape index (κ3) is 7.26. The van der Waals surface area contributed by atoms with Gasteiger partial charge in [-0.3, -0.25) is 4.79 Å². The Bertz CT molecular complexity index is 387. The van der Waals surface area contributed by atoms with Crippen molar-refractivity contribution in [2.45, 2.75) is 38.6 Å². The maximum Gasteiger partial charge on any atom is 0.224 e. The molecular formula is C16H27N3O. The van der Waals surface area contributed by atoms with Gasteiger partial charge < -0.3 is 16.0 Å². The van der Waals surface area contributed by atoms with Crippen LogP contribution in [0.3, 0.4) is 0 Å². The number of carbonyl (C=O) groups is 1. The van der Waals surface area contributed by atoms with Gasteiger partial charge in [0.05, 0.1) is 0 Å². The lowest BCUT2D eigenvalue weighted by Crippen LogP contribution is -2.12. The van der Waals surface area contributed by atoms with Crippen molar-refractivity contribution in [3.63, 3.8) is 0 Å². The van der Waals surface area contributed by atoms with E-state index >= 15 is 0 Å². The molecule has 0 unspecified atom stereocenters. The molecule has 1 aromatic carbocycles. The van der Waals surface area contributed by atoms with Crippen molar-refractivity contribution in [1.82, 2.24) is 4.90 Å². The summed E-state index contributed by atoms with van der Waals surface area (Å²) in [7, 11) is 4.08. The number of nitrogens with two attached hydrogens (primary N) is 1. The molecule has 4 nitrogen and oxygen atoms in total. The highest BCUT2D eigenvalue weighted by Crippen LogP contribution is 2.12. The zero-order chi connectivity index (χ0) is 14.8. The van der Waals surface area contributed by atoms with Crippen molar-refractivity contribution in [1.29, 1.82) is 0 Å². The Balaban J connectivity index is 2.27. The summed E-state index contributed by atoms with van der Waals surface area (Å²) in [5.74, 6) is 0.0955. The number of rotatable bonds is 9. The van der Waals surface area contributed by atoms with E-state index in [0.29, 0.717) is 6.42 Å². The summed E-state index contributed by atoms with van der Waals surface area (Å²) in [5.41, 5.74) is 7.55. The quantitative estimate of drug-likeness (QED) is 0.682. The maximum absolute atomic E-state index is 11.8. The van der Waals surface area contributed by atoms with Crippen molar-refractivity contribution in [2.24, 2.45) is 5.73 Å². The third-order valence-electron chi connectivity index (χ3n) is 3.09. The molecule has 0 radical (unpaired) electrons. The number of benzene rings is 1. The minimum absolute atomic E-state index is 0.0955. The first kappa shape index (κ1) is 16.7. The van der Waals surface area contributed by atoms with Crippen LogP contribution in [0.1, 0.15) is 37.7 Å². The SMILES string of the molecule is CN(C)Cc1ccc(NC(=O)CCCCCCN)cc1. The second-order valence-electron chi connectivity index (χ2n) is 5.44. The molecule has 112 valence electrons. The molecule has 0 spiro atoms. The van der Waals surface area contributed by atoms with Crippen LogP contribution in [0.2, 0.25) is 0 Å². The Hall–Kier alpha value is -1.39. The minimum Gasteiger partial charge on any atom is -0.330 e. The first-order valence-electron chi connectivity index (χ1n) is 7.35. The number of hydrogen-bond acceptors (Lipinski definition) is 3. The van der Waals surface area contributed by atoms with Crippen LogP contribution in [0.25, 0.3) is 0 Å². The summed E-state index contributed by atoms with van der Waals surface area (Å²) < 4.78 is 0. The molecule has 0 aliphatic rings. The lowest BCUT2D eigenvalue weighted by Gasteiger charge is -2.10. The molecule has 0 heterocycles. The smallest absolute Gasteiger partial charge is 0.224 e. The minimum atomic E-state index is 0.0955. The van der Waals surface area contributed by atoms with Gasteiger partial charge in [0.15, 0.2) is 0 Å². The van der Waals surface area contributed by atoms with E-state index in [1.54, 1.807) is 0 Å². The van der Waals surface area contributed by atoms with Gasteiger partial charge in [-0.25, -0.2) is 0 Å². The predicted molar refractivity (Wildman–Crippen MR) is 84.6 cm³/mol. The first-order chi connectivity index (χ1) is 9.61. The average molecular weight is 277 g/mol. The van der Waals surface area contributed by atoms with Crippen molar-refractivity contribution in [3.05, 3.63) is 29.8 Å². The normalized spacial score (nSPS) is 10.8. The van der Waals surface area contributed by atoms with Gasteiger partial charge in [-0.05, 0) is 51.2 Å². The standard InChI is InChI=1S/C16H27N3O/c1-19(2)13-14-8-10-15(11-9-14)18-16(20)7-5-3-4-6-12-17/h8-11H,3-7,12-13,17H2,1-2H3,(H,18,20). The van der Waals surface area contributed by atoms with E-state index in [2.05, 4.69) is 22.3 Å². The molecule has 0 aromatic heterocycles. The Labute approximate surface area is 122 Å². The van der Waals surface area contributed by atoms with Gasteiger partial charge >= 0.3 is 0 Å². The fourth-order valence-electron chi connectivity index (χ4n) is 2.07. The van der Waals surface area contributed by atoms with Crippen LogP contribution in [-0.2, 0) is 11.3 Å². The number of amides is 1. The van der Waals surface area contributed by atoms with Crippen molar-refractivity contribution < 1.29 is 4.79 Å². The van der Waals surface area contributed by atoms with Crippen molar-refractivity contribution in [3.8, 4) is 0 Å². The van der Waals surface area contributed by atoms with Crippen LogP contribution < -0.4 is 11.1 Å². The number of anilines is 1. The van der Waals surface area contributed by atoms with Crippen LogP contribution in [-0.4, -0.2) is 31.4 Å². The molecule has 3 N–H and O–H groups in total. The maximum atomic E-state index is 11.8. The first-order valence-corrected chi connectivity index (χ1v) is 7.35. The van der Waals surface area contributed by atoms with Crippen LogP contribution in [0.5, 0.6) is 0 Å².